The third kappa shape index (κ3) is 23.6. The first-order valence-corrected chi connectivity index (χ1v) is 7.89. The maximum atomic E-state index is 10.8. The molecule has 12 heteroatoms. The van der Waals surface area contributed by atoms with Crippen molar-refractivity contribution in [1.29, 1.82) is 0 Å². The zero-order valence-corrected chi connectivity index (χ0v) is 22.0. The molecule has 8 nitrogen and oxygen atoms in total. The van der Waals surface area contributed by atoms with E-state index in [1.54, 1.807) is 0 Å². The molecule has 0 N–H and O–H groups in total. The summed E-state index contributed by atoms with van der Waals surface area (Å²) in [5, 5.41) is 19.9. The molecule has 0 fully saturated rings. The summed E-state index contributed by atoms with van der Waals surface area (Å²) in [4.78, 5) is 41.6. The molecule has 0 rings (SSSR count). The Labute approximate surface area is 218 Å². The summed E-state index contributed by atoms with van der Waals surface area (Å²) in [5.41, 5.74) is 0.437. The Kier molecular flexibility index (Phi) is 24.8. The molecule has 0 amide bonds. The molecule has 0 aliphatic carbocycles. The molecule has 0 spiro atoms. The van der Waals surface area contributed by atoms with Gasteiger partial charge in [-0.2, -0.15) is 0 Å². The first-order valence-electron chi connectivity index (χ1n) is 7.07. The van der Waals surface area contributed by atoms with Gasteiger partial charge in [-0.1, -0.05) is 13.2 Å². The van der Waals surface area contributed by atoms with Gasteiger partial charge in [0.05, 0.1) is 0 Å². The number of hydrogen-bond donors (Lipinski definition) is 0. The standard InChI is InChI=1S/2C8H10O4S.2Na/c2*1-5(2)8(11)12-7(13)4-3-6(9)10;;/h2*1,3-4H2,2H3,(H,9,10);;/q;;2*+1/p-2. The SMILES string of the molecule is C=C(C)C(=O)OC(=S)CCC(=O)[O-].C=C(C)C(=O)OC(=S)CCC(=O)[O-].[Na+].[Na+]. The number of esters is 2. The summed E-state index contributed by atoms with van der Waals surface area (Å²) < 4.78 is 9.13. The van der Waals surface area contributed by atoms with E-state index in [0.29, 0.717) is 0 Å². The largest absolute Gasteiger partial charge is 1.00 e. The van der Waals surface area contributed by atoms with E-state index in [-0.39, 0.29) is 106 Å². The molecule has 0 bridgehead atoms. The van der Waals surface area contributed by atoms with E-state index in [0.717, 1.165) is 0 Å². The van der Waals surface area contributed by atoms with Crippen LogP contribution in [0, 0.1) is 0 Å². The molecule has 0 radical (unpaired) electrons. The van der Waals surface area contributed by atoms with Gasteiger partial charge in [-0.25, -0.2) is 9.59 Å². The Morgan fingerprint density at radius 2 is 0.964 bits per heavy atom. The van der Waals surface area contributed by atoms with Crippen LogP contribution in [0.1, 0.15) is 39.5 Å². The summed E-state index contributed by atoms with van der Waals surface area (Å²) in [7, 11) is 0. The molecule has 0 saturated carbocycles. The molecule has 0 aromatic heterocycles. The smallest absolute Gasteiger partial charge is 0.550 e. The fourth-order valence-electron chi connectivity index (χ4n) is 0.891. The van der Waals surface area contributed by atoms with Gasteiger partial charge in [0.15, 0.2) is 10.1 Å². The molecular formula is C16H18Na2O8S2. The summed E-state index contributed by atoms with van der Waals surface area (Å²) in [6, 6.07) is 0. The zero-order chi connectivity index (χ0) is 20.9. The van der Waals surface area contributed by atoms with E-state index in [1.165, 1.54) is 13.8 Å². The molecule has 0 aliphatic rings. The number of carbonyl (C=O) groups excluding carboxylic acids is 4. The van der Waals surface area contributed by atoms with Gasteiger partial charge in [-0.3, -0.25) is 0 Å². The normalized spacial score (nSPS) is 8.36. The molecule has 0 heterocycles. The van der Waals surface area contributed by atoms with Crippen LogP contribution in [0.2, 0.25) is 0 Å². The predicted molar refractivity (Wildman–Crippen MR) is 95.5 cm³/mol. The van der Waals surface area contributed by atoms with Crippen LogP contribution in [-0.2, 0) is 28.7 Å². The van der Waals surface area contributed by atoms with Crippen molar-refractivity contribution in [1.82, 2.24) is 0 Å². The van der Waals surface area contributed by atoms with E-state index in [9.17, 15) is 29.4 Å². The molecule has 0 aliphatic heterocycles. The van der Waals surface area contributed by atoms with Gasteiger partial charge in [-0.05, 0) is 51.1 Å². The second-order valence-electron chi connectivity index (χ2n) is 4.83. The average Bonchev–Trinajstić information content (AvgIpc) is 2.51. The molecule has 0 aromatic carbocycles. The fourth-order valence-corrected chi connectivity index (χ4v) is 1.25. The first kappa shape index (κ1) is 35.0. The van der Waals surface area contributed by atoms with Crippen LogP contribution in [0.5, 0.6) is 0 Å². The third-order valence-corrected chi connectivity index (χ3v) is 2.75. The predicted octanol–water partition coefficient (Wildman–Crippen LogP) is -6.07. The van der Waals surface area contributed by atoms with E-state index in [2.05, 4.69) is 47.1 Å². The first-order chi connectivity index (χ1) is 11.9. The average molecular weight is 448 g/mol. The quantitative estimate of drug-likeness (QED) is 0.153. The minimum absolute atomic E-state index is 0. The van der Waals surface area contributed by atoms with Crippen molar-refractivity contribution in [2.24, 2.45) is 0 Å². The molecular weight excluding hydrogens is 430 g/mol. The monoisotopic (exact) mass is 448 g/mol. The summed E-state index contributed by atoms with van der Waals surface area (Å²) >= 11 is 9.19. The Balaban J connectivity index is -0.000000192. The van der Waals surface area contributed by atoms with Crippen molar-refractivity contribution in [3.05, 3.63) is 24.3 Å². The van der Waals surface area contributed by atoms with Gasteiger partial charge in [0.25, 0.3) is 0 Å². The van der Waals surface area contributed by atoms with Gasteiger partial charge in [-0.15, -0.1) is 0 Å². The van der Waals surface area contributed by atoms with Gasteiger partial charge in [0.2, 0.25) is 0 Å². The molecule has 0 saturated heterocycles. The fraction of sp³-hybridized carbons (Fsp3) is 0.375. The van der Waals surface area contributed by atoms with Crippen molar-refractivity contribution < 1.29 is 98.0 Å². The Morgan fingerprint density at radius 3 is 1.14 bits per heavy atom. The van der Waals surface area contributed by atoms with Crippen molar-refractivity contribution in [2.75, 3.05) is 0 Å². The van der Waals surface area contributed by atoms with Crippen molar-refractivity contribution in [2.45, 2.75) is 39.5 Å². The number of rotatable bonds is 8. The number of ether oxygens (including phenoxy) is 2. The molecule has 144 valence electrons. The minimum atomic E-state index is -1.23. The zero-order valence-electron chi connectivity index (χ0n) is 16.3. The summed E-state index contributed by atoms with van der Waals surface area (Å²) in [5.74, 6) is -3.73. The molecule has 0 unspecified atom stereocenters. The number of carboxylic acid groups (broad SMARTS) is 2. The van der Waals surface area contributed by atoms with E-state index >= 15 is 0 Å². The Morgan fingerprint density at radius 1 is 0.714 bits per heavy atom. The third-order valence-electron chi connectivity index (χ3n) is 2.18. The number of thiocarbonyl (C=S) groups is 2. The number of carboxylic acids is 2. The van der Waals surface area contributed by atoms with Crippen LogP contribution >= 0.6 is 24.4 Å². The van der Waals surface area contributed by atoms with Gasteiger partial charge < -0.3 is 29.3 Å². The summed E-state index contributed by atoms with van der Waals surface area (Å²) in [6.07, 6.45) is -0.502. The maximum absolute atomic E-state index is 10.8. The Hall–Kier alpha value is -0.460. The van der Waals surface area contributed by atoms with Gasteiger partial charge in [0.1, 0.15) is 0 Å². The number of carbonyl (C=O) groups is 4. The van der Waals surface area contributed by atoms with Crippen LogP contribution in [0.15, 0.2) is 24.3 Å². The van der Waals surface area contributed by atoms with Crippen molar-refractivity contribution >= 4 is 58.4 Å². The van der Waals surface area contributed by atoms with Gasteiger partial charge >= 0.3 is 71.1 Å². The van der Waals surface area contributed by atoms with Crippen LogP contribution in [0.25, 0.3) is 0 Å². The second-order valence-corrected chi connectivity index (χ2v) is 5.74. The van der Waals surface area contributed by atoms with Crippen LogP contribution in [0.3, 0.4) is 0 Å². The van der Waals surface area contributed by atoms with Crippen LogP contribution in [0.4, 0.5) is 0 Å². The minimum Gasteiger partial charge on any atom is -0.550 e. The second kappa shape index (κ2) is 19.8. The van der Waals surface area contributed by atoms with Crippen LogP contribution in [-0.4, -0.2) is 34.0 Å². The van der Waals surface area contributed by atoms with Crippen molar-refractivity contribution in [3.8, 4) is 0 Å². The van der Waals surface area contributed by atoms with E-state index < -0.39 is 23.9 Å². The molecule has 0 aromatic rings. The van der Waals surface area contributed by atoms with Crippen molar-refractivity contribution in [3.63, 3.8) is 0 Å². The molecule has 28 heavy (non-hydrogen) atoms. The summed E-state index contributed by atoms with van der Waals surface area (Å²) in [6.45, 7) is 9.63. The number of hydrogen-bond acceptors (Lipinski definition) is 10. The van der Waals surface area contributed by atoms with E-state index in [1.807, 2.05) is 0 Å². The topological polar surface area (TPSA) is 133 Å². The van der Waals surface area contributed by atoms with Crippen LogP contribution < -0.4 is 69.3 Å². The maximum Gasteiger partial charge on any atom is 1.00 e. The van der Waals surface area contributed by atoms with Gasteiger partial charge in [0, 0.05) is 35.9 Å². The number of aliphatic carboxylic acids is 2. The van der Waals surface area contributed by atoms with E-state index in [4.69, 9.17) is 0 Å². The Bertz CT molecular complexity index is 578. The molecule has 0 atom stereocenters.